The van der Waals surface area contributed by atoms with Crippen molar-refractivity contribution in [3.05, 3.63) is 89.0 Å². The number of ether oxygens (including phenoxy) is 3. The van der Waals surface area contributed by atoms with Crippen molar-refractivity contribution in [3.8, 4) is 17.2 Å². The molecule has 4 rings (SSSR count). The van der Waals surface area contributed by atoms with Crippen molar-refractivity contribution in [2.24, 2.45) is 0 Å². The molecule has 7 heteroatoms. The van der Waals surface area contributed by atoms with Gasteiger partial charge >= 0.3 is 6.18 Å². The van der Waals surface area contributed by atoms with E-state index in [4.69, 9.17) is 14.2 Å². The molecule has 0 saturated carbocycles. The fourth-order valence-corrected chi connectivity index (χ4v) is 4.35. The molecule has 3 aromatic carbocycles. The van der Waals surface area contributed by atoms with Gasteiger partial charge in [0.25, 0.3) is 0 Å². The minimum atomic E-state index is -4.48. The molecule has 0 spiro atoms. The van der Waals surface area contributed by atoms with Crippen LogP contribution in [0.3, 0.4) is 0 Å². The number of methoxy groups -OCH3 is 2. The van der Waals surface area contributed by atoms with Crippen LogP contribution in [-0.2, 0) is 19.1 Å². The first-order valence-electron chi connectivity index (χ1n) is 11.2. The molecule has 1 unspecified atom stereocenters. The average molecular weight is 472 g/mol. The third-order valence-corrected chi connectivity index (χ3v) is 6.14. The number of fused-ring (bicyclic) bond motifs is 1. The standard InChI is InChI=1S/C27H28F3NO3/c1-32-25-16-20-12-14-31(18-21(20)17-26(25)33-2)15-13-23(19-8-4-3-5-9-19)34-24-11-7-6-10-22(24)27(28,29)30/h3-11,16-17,23H,12-15,18H2,1-2H3. The second-order valence-electron chi connectivity index (χ2n) is 8.30. The molecule has 0 radical (unpaired) electrons. The lowest BCUT2D eigenvalue weighted by atomic mass is 9.98. The maximum atomic E-state index is 13.5. The molecule has 1 atom stereocenters. The summed E-state index contributed by atoms with van der Waals surface area (Å²) in [5.41, 5.74) is 2.49. The second-order valence-corrected chi connectivity index (χ2v) is 8.30. The van der Waals surface area contributed by atoms with Crippen molar-refractivity contribution in [3.63, 3.8) is 0 Å². The van der Waals surface area contributed by atoms with Crippen LogP contribution in [0, 0.1) is 0 Å². The summed E-state index contributed by atoms with van der Waals surface area (Å²) in [7, 11) is 3.24. The Bertz CT molecular complexity index is 1100. The normalized spacial score (nSPS) is 14.9. The van der Waals surface area contributed by atoms with Crippen molar-refractivity contribution in [2.75, 3.05) is 27.3 Å². The van der Waals surface area contributed by atoms with Crippen LogP contribution in [0.4, 0.5) is 13.2 Å². The monoisotopic (exact) mass is 471 g/mol. The molecule has 180 valence electrons. The summed E-state index contributed by atoms with van der Waals surface area (Å²) >= 11 is 0. The van der Waals surface area contributed by atoms with Crippen LogP contribution in [0.2, 0.25) is 0 Å². The van der Waals surface area contributed by atoms with Crippen LogP contribution in [0.1, 0.15) is 34.8 Å². The molecular formula is C27H28F3NO3. The number of hydrogen-bond acceptors (Lipinski definition) is 4. The smallest absolute Gasteiger partial charge is 0.419 e. The van der Waals surface area contributed by atoms with E-state index >= 15 is 0 Å². The fraction of sp³-hybridized carbons (Fsp3) is 0.333. The van der Waals surface area contributed by atoms with Crippen LogP contribution >= 0.6 is 0 Å². The van der Waals surface area contributed by atoms with Gasteiger partial charge in [-0.2, -0.15) is 13.2 Å². The maximum Gasteiger partial charge on any atom is 0.419 e. The van der Waals surface area contributed by atoms with Gasteiger partial charge in [-0.25, -0.2) is 0 Å². The van der Waals surface area contributed by atoms with Gasteiger partial charge in [-0.1, -0.05) is 42.5 Å². The highest BCUT2D eigenvalue weighted by atomic mass is 19.4. The van der Waals surface area contributed by atoms with Gasteiger partial charge in [0.15, 0.2) is 11.5 Å². The lowest BCUT2D eigenvalue weighted by Crippen LogP contribution is -2.32. The molecule has 3 aromatic rings. The summed E-state index contributed by atoms with van der Waals surface area (Å²) in [6, 6.07) is 18.8. The van der Waals surface area contributed by atoms with Gasteiger partial charge in [0.2, 0.25) is 0 Å². The van der Waals surface area contributed by atoms with Crippen molar-refractivity contribution in [2.45, 2.75) is 31.7 Å². The Morgan fingerprint density at radius 3 is 2.18 bits per heavy atom. The highest BCUT2D eigenvalue weighted by Gasteiger charge is 2.35. The molecule has 0 aliphatic carbocycles. The van der Waals surface area contributed by atoms with Crippen LogP contribution < -0.4 is 14.2 Å². The number of halogens is 3. The van der Waals surface area contributed by atoms with Gasteiger partial charge in [-0.3, -0.25) is 4.90 Å². The minimum Gasteiger partial charge on any atom is -0.493 e. The Kier molecular flexibility index (Phi) is 7.32. The molecule has 1 aliphatic rings. The number of hydrogen-bond donors (Lipinski definition) is 0. The third kappa shape index (κ3) is 5.47. The molecule has 0 aromatic heterocycles. The van der Waals surface area contributed by atoms with E-state index in [1.54, 1.807) is 20.3 Å². The highest BCUT2D eigenvalue weighted by molar-refractivity contribution is 5.48. The number of rotatable bonds is 8. The maximum absolute atomic E-state index is 13.5. The summed E-state index contributed by atoms with van der Waals surface area (Å²) in [5.74, 6) is 1.26. The molecule has 0 N–H and O–H groups in total. The van der Waals surface area contributed by atoms with Crippen LogP contribution in [-0.4, -0.2) is 32.2 Å². The van der Waals surface area contributed by atoms with E-state index in [1.165, 1.54) is 23.3 Å². The van der Waals surface area contributed by atoms with Gasteiger partial charge in [0.05, 0.1) is 19.8 Å². The van der Waals surface area contributed by atoms with Crippen LogP contribution in [0.5, 0.6) is 17.2 Å². The molecule has 0 fully saturated rings. The van der Waals surface area contributed by atoms with E-state index < -0.39 is 17.8 Å². The third-order valence-electron chi connectivity index (χ3n) is 6.14. The lowest BCUT2D eigenvalue weighted by molar-refractivity contribution is -0.139. The number of nitrogens with zero attached hydrogens (tertiary/aromatic N) is 1. The summed E-state index contributed by atoms with van der Waals surface area (Å²) in [6.07, 6.45) is -3.56. The largest absolute Gasteiger partial charge is 0.493 e. The van der Waals surface area contributed by atoms with E-state index in [-0.39, 0.29) is 5.75 Å². The van der Waals surface area contributed by atoms with Gasteiger partial charge < -0.3 is 14.2 Å². The van der Waals surface area contributed by atoms with E-state index in [0.717, 1.165) is 36.9 Å². The lowest BCUT2D eigenvalue weighted by Gasteiger charge is -2.31. The van der Waals surface area contributed by atoms with Crippen LogP contribution in [0.25, 0.3) is 0 Å². The Labute approximate surface area is 197 Å². The average Bonchev–Trinajstić information content (AvgIpc) is 2.85. The van der Waals surface area contributed by atoms with Gasteiger partial charge in [-0.15, -0.1) is 0 Å². The molecule has 1 aliphatic heterocycles. The molecule has 0 bridgehead atoms. The molecule has 34 heavy (non-hydrogen) atoms. The Morgan fingerprint density at radius 2 is 1.50 bits per heavy atom. The summed E-state index contributed by atoms with van der Waals surface area (Å²) in [4.78, 5) is 2.29. The van der Waals surface area contributed by atoms with E-state index in [2.05, 4.69) is 4.90 Å². The van der Waals surface area contributed by atoms with Crippen molar-refractivity contribution < 1.29 is 27.4 Å². The Hall–Kier alpha value is -3.19. The molecule has 4 nitrogen and oxygen atoms in total. The minimum absolute atomic E-state index is 0.148. The number of para-hydroxylation sites is 1. The van der Waals surface area contributed by atoms with E-state index in [9.17, 15) is 13.2 Å². The van der Waals surface area contributed by atoms with Crippen LogP contribution in [0.15, 0.2) is 66.7 Å². The predicted octanol–water partition coefficient (Wildman–Crippen LogP) is 6.29. The van der Waals surface area contributed by atoms with Gasteiger partial charge in [-0.05, 0) is 47.4 Å². The van der Waals surface area contributed by atoms with E-state index in [0.29, 0.717) is 18.7 Å². The Balaban J connectivity index is 1.51. The zero-order valence-electron chi connectivity index (χ0n) is 19.3. The van der Waals surface area contributed by atoms with Gasteiger partial charge in [0.1, 0.15) is 11.9 Å². The number of alkyl halides is 3. The molecule has 1 heterocycles. The zero-order valence-corrected chi connectivity index (χ0v) is 19.3. The molecule has 0 saturated heterocycles. The zero-order chi connectivity index (χ0) is 24.1. The van der Waals surface area contributed by atoms with Crippen molar-refractivity contribution >= 4 is 0 Å². The SMILES string of the molecule is COc1cc2c(cc1OC)CN(CCC(Oc1ccccc1C(F)(F)F)c1ccccc1)CC2. The first-order chi connectivity index (χ1) is 16.4. The molecule has 0 amide bonds. The second kappa shape index (κ2) is 10.4. The fourth-order valence-electron chi connectivity index (χ4n) is 4.35. The van der Waals surface area contributed by atoms with Crippen molar-refractivity contribution in [1.29, 1.82) is 0 Å². The summed E-state index contributed by atoms with van der Waals surface area (Å²) in [6.45, 7) is 2.26. The van der Waals surface area contributed by atoms with E-state index in [1.807, 2.05) is 42.5 Å². The van der Waals surface area contributed by atoms with Gasteiger partial charge in [0, 0.05) is 26.1 Å². The quantitative estimate of drug-likeness (QED) is 0.386. The highest BCUT2D eigenvalue weighted by Crippen LogP contribution is 2.38. The summed E-state index contributed by atoms with van der Waals surface area (Å²) in [5, 5.41) is 0. The Morgan fingerprint density at radius 1 is 0.853 bits per heavy atom. The topological polar surface area (TPSA) is 30.9 Å². The predicted molar refractivity (Wildman–Crippen MR) is 124 cm³/mol. The first kappa shape index (κ1) is 24.0. The first-order valence-corrected chi connectivity index (χ1v) is 11.2. The summed E-state index contributed by atoms with van der Waals surface area (Å²) < 4.78 is 57.4. The number of benzene rings is 3. The molecular weight excluding hydrogens is 443 g/mol. The van der Waals surface area contributed by atoms with Crippen molar-refractivity contribution in [1.82, 2.24) is 4.90 Å².